The Kier molecular flexibility index (Phi) is 5.44. The number of para-hydroxylation sites is 1. The lowest BCUT2D eigenvalue weighted by Crippen LogP contribution is -1.98. The fourth-order valence-electron chi connectivity index (χ4n) is 3.24. The Labute approximate surface area is 160 Å². The molecule has 2 heteroatoms. The third-order valence-electron chi connectivity index (χ3n) is 4.74. The summed E-state index contributed by atoms with van der Waals surface area (Å²) in [6.07, 6.45) is 3.36. The van der Waals surface area contributed by atoms with Crippen molar-refractivity contribution in [3.8, 4) is 5.75 Å². The Morgan fingerprint density at radius 2 is 1.33 bits per heavy atom. The molecule has 0 aliphatic rings. The molecule has 1 heterocycles. The molecule has 0 atom stereocenters. The maximum Gasteiger partial charge on any atom is 0.130 e. The number of ether oxygens (including phenoxy) is 1. The first kappa shape index (κ1) is 17.3. The number of pyridine rings is 1. The Hall–Kier alpha value is -3.13. The molecule has 0 fully saturated rings. The van der Waals surface area contributed by atoms with Gasteiger partial charge in [-0.15, -0.1) is 0 Å². The number of aromatic nitrogens is 1. The van der Waals surface area contributed by atoms with Crippen molar-refractivity contribution in [2.45, 2.75) is 25.9 Å². The summed E-state index contributed by atoms with van der Waals surface area (Å²) >= 11 is 0. The van der Waals surface area contributed by atoms with Crippen molar-refractivity contribution in [1.29, 1.82) is 0 Å². The van der Waals surface area contributed by atoms with E-state index in [2.05, 4.69) is 71.7 Å². The van der Waals surface area contributed by atoms with Crippen LogP contribution in [0.4, 0.5) is 0 Å². The van der Waals surface area contributed by atoms with Gasteiger partial charge < -0.3 is 4.74 Å². The van der Waals surface area contributed by atoms with Gasteiger partial charge in [0.15, 0.2) is 0 Å². The largest absolute Gasteiger partial charge is 0.487 e. The summed E-state index contributed by atoms with van der Waals surface area (Å²) in [6, 6.07) is 31.4. The van der Waals surface area contributed by atoms with E-state index in [4.69, 9.17) is 4.74 Å². The third-order valence-corrected chi connectivity index (χ3v) is 4.74. The number of aryl methyl sites for hydroxylation is 2. The zero-order valence-corrected chi connectivity index (χ0v) is 15.3. The van der Waals surface area contributed by atoms with Gasteiger partial charge in [0, 0.05) is 5.39 Å². The fraction of sp³-hybridized carbons (Fsp3) is 0.160. The van der Waals surface area contributed by atoms with E-state index in [1.54, 1.807) is 0 Å². The van der Waals surface area contributed by atoms with E-state index in [-0.39, 0.29) is 0 Å². The molecule has 0 spiro atoms. The molecule has 0 bridgehead atoms. The molecule has 0 aliphatic carbocycles. The van der Waals surface area contributed by atoms with Gasteiger partial charge in [0.05, 0.1) is 11.2 Å². The zero-order valence-electron chi connectivity index (χ0n) is 15.3. The van der Waals surface area contributed by atoms with Crippen LogP contribution in [0.15, 0.2) is 91.0 Å². The van der Waals surface area contributed by atoms with E-state index in [0.717, 1.165) is 41.6 Å². The molecule has 0 saturated heterocycles. The van der Waals surface area contributed by atoms with E-state index in [0.29, 0.717) is 6.61 Å². The Bertz CT molecular complexity index is 993. The van der Waals surface area contributed by atoms with Crippen LogP contribution in [-0.2, 0) is 19.4 Å². The Morgan fingerprint density at radius 3 is 2.15 bits per heavy atom. The highest BCUT2D eigenvalue weighted by Crippen LogP contribution is 2.17. The van der Waals surface area contributed by atoms with Gasteiger partial charge in [-0.3, -0.25) is 0 Å². The minimum absolute atomic E-state index is 0.484. The van der Waals surface area contributed by atoms with Gasteiger partial charge in [0.2, 0.25) is 0 Å². The number of fused-ring (bicyclic) bond motifs is 1. The number of hydrogen-bond acceptors (Lipinski definition) is 2. The van der Waals surface area contributed by atoms with Crippen molar-refractivity contribution in [2.24, 2.45) is 0 Å². The van der Waals surface area contributed by atoms with E-state index >= 15 is 0 Å². The molecule has 27 heavy (non-hydrogen) atoms. The molecule has 0 radical (unpaired) electrons. The monoisotopic (exact) mass is 353 g/mol. The molecule has 0 saturated carbocycles. The second-order valence-corrected chi connectivity index (χ2v) is 6.77. The Morgan fingerprint density at radius 1 is 0.630 bits per heavy atom. The maximum atomic E-state index is 5.91. The summed E-state index contributed by atoms with van der Waals surface area (Å²) in [7, 11) is 0. The van der Waals surface area contributed by atoms with Crippen LogP contribution in [0.3, 0.4) is 0 Å². The molecular formula is C25H23NO. The molecule has 3 aromatic carbocycles. The summed E-state index contributed by atoms with van der Waals surface area (Å²) in [5.74, 6) is 0.886. The van der Waals surface area contributed by atoms with Crippen LogP contribution < -0.4 is 4.74 Å². The molecule has 0 aliphatic heterocycles. The molecule has 4 rings (SSSR count). The summed E-state index contributed by atoms with van der Waals surface area (Å²) in [6.45, 7) is 0.484. The molecule has 4 aromatic rings. The van der Waals surface area contributed by atoms with E-state index in [1.165, 1.54) is 11.1 Å². The first-order chi connectivity index (χ1) is 13.4. The lowest BCUT2D eigenvalue weighted by molar-refractivity contribution is 0.301. The minimum atomic E-state index is 0.484. The van der Waals surface area contributed by atoms with Gasteiger partial charge in [-0.05, 0) is 54.7 Å². The fourth-order valence-corrected chi connectivity index (χ4v) is 3.24. The van der Waals surface area contributed by atoms with Gasteiger partial charge in [-0.2, -0.15) is 0 Å². The van der Waals surface area contributed by atoms with Crippen molar-refractivity contribution in [3.05, 3.63) is 108 Å². The van der Waals surface area contributed by atoms with Crippen LogP contribution in [0.25, 0.3) is 10.9 Å². The molecule has 2 nitrogen and oxygen atoms in total. The van der Waals surface area contributed by atoms with Crippen LogP contribution in [0.5, 0.6) is 5.75 Å². The summed E-state index contributed by atoms with van der Waals surface area (Å²) in [4.78, 5) is 4.65. The number of benzene rings is 3. The maximum absolute atomic E-state index is 5.91. The van der Waals surface area contributed by atoms with Crippen molar-refractivity contribution >= 4 is 10.9 Å². The summed E-state index contributed by atoms with van der Waals surface area (Å²) in [5, 5.41) is 1.15. The normalized spacial score (nSPS) is 10.8. The van der Waals surface area contributed by atoms with E-state index in [9.17, 15) is 0 Å². The van der Waals surface area contributed by atoms with Crippen molar-refractivity contribution in [1.82, 2.24) is 4.98 Å². The van der Waals surface area contributed by atoms with Crippen molar-refractivity contribution in [2.75, 3.05) is 0 Å². The number of nitrogens with zero attached hydrogens (tertiary/aromatic N) is 1. The Balaban J connectivity index is 1.29. The molecule has 134 valence electrons. The van der Waals surface area contributed by atoms with Crippen LogP contribution in [-0.4, -0.2) is 4.98 Å². The minimum Gasteiger partial charge on any atom is -0.487 e. The van der Waals surface area contributed by atoms with Gasteiger partial charge in [0.1, 0.15) is 12.4 Å². The quantitative estimate of drug-likeness (QED) is 0.407. The first-order valence-electron chi connectivity index (χ1n) is 9.47. The SMILES string of the molecule is c1ccc(CCCc2ccc(OCc3ccc4ccccc4n3)cc2)cc1. The summed E-state index contributed by atoms with van der Waals surface area (Å²) < 4.78 is 5.91. The smallest absolute Gasteiger partial charge is 0.130 e. The van der Waals surface area contributed by atoms with Crippen LogP contribution in [0.1, 0.15) is 23.2 Å². The highest BCUT2D eigenvalue weighted by Gasteiger charge is 2.01. The second-order valence-electron chi connectivity index (χ2n) is 6.77. The standard InChI is InChI=1S/C25H23NO/c1-2-7-20(8-3-1)9-6-10-21-13-17-24(18-14-21)27-19-23-16-15-22-11-4-5-12-25(22)26-23/h1-5,7-8,11-18H,6,9-10,19H2. The van der Waals surface area contributed by atoms with Crippen molar-refractivity contribution < 1.29 is 4.74 Å². The molecule has 0 N–H and O–H groups in total. The molecular weight excluding hydrogens is 330 g/mol. The van der Waals surface area contributed by atoms with Crippen LogP contribution >= 0.6 is 0 Å². The number of rotatable bonds is 7. The zero-order chi connectivity index (χ0) is 18.3. The van der Waals surface area contributed by atoms with Gasteiger partial charge in [-0.25, -0.2) is 4.98 Å². The third kappa shape index (κ3) is 4.73. The van der Waals surface area contributed by atoms with Crippen LogP contribution in [0, 0.1) is 0 Å². The first-order valence-corrected chi connectivity index (χ1v) is 9.47. The predicted octanol–water partition coefficient (Wildman–Crippen LogP) is 5.99. The summed E-state index contributed by atoms with van der Waals surface area (Å²) in [5.41, 5.74) is 4.70. The van der Waals surface area contributed by atoms with Crippen LogP contribution in [0.2, 0.25) is 0 Å². The second kappa shape index (κ2) is 8.50. The molecule has 1 aromatic heterocycles. The van der Waals surface area contributed by atoms with E-state index < -0.39 is 0 Å². The highest BCUT2D eigenvalue weighted by atomic mass is 16.5. The van der Waals surface area contributed by atoms with Crippen molar-refractivity contribution in [3.63, 3.8) is 0 Å². The van der Waals surface area contributed by atoms with Gasteiger partial charge >= 0.3 is 0 Å². The van der Waals surface area contributed by atoms with Gasteiger partial charge in [-0.1, -0.05) is 66.7 Å². The topological polar surface area (TPSA) is 22.1 Å². The lowest BCUT2D eigenvalue weighted by atomic mass is 10.0. The average Bonchev–Trinajstić information content (AvgIpc) is 2.74. The molecule has 0 amide bonds. The lowest BCUT2D eigenvalue weighted by Gasteiger charge is -2.08. The highest BCUT2D eigenvalue weighted by molar-refractivity contribution is 5.78. The molecule has 0 unspecified atom stereocenters. The van der Waals surface area contributed by atoms with E-state index in [1.807, 2.05) is 24.3 Å². The van der Waals surface area contributed by atoms with Gasteiger partial charge in [0.25, 0.3) is 0 Å². The average molecular weight is 353 g/mol. The predicted molar refractivity (Wildman–Crippen MR) is 111 cm³/mol. The number of hydrogen-bond donors (Lipinski definition) is 0.